The number of imidazole rings is 1. The average Bonchev–Trinajstić information content (AvgIpc) is 3.55. The second kappa shape index (κ2) is 9.13. The standard InChI is InChI=1S/C35H26N2S/c1-23-19-28(20-24(2)34(23)26-13-7-4-8-14-26)37-32-16-10-9-15-31(32)36-35(37)30-22-38-33-21-27(17-18-29(30)33)25-11-5-3-6-12-25/h3-22H,1-2H3. The van der Waals surface area contributed by atoms with Crippen LogP contribution in [0.15, 0.2) is 121 Å². The van der Waals surface area contributed by atoms with Gasteiger partial charge in [0.15, 0.2) is 0 Å². The number of aryl methyl sites for hydroxylation is 2. The van der Waals surface area contributed by atoms with E-state index in [0.29, 0.717) is 0 Å². The maximum atomic E-state index is 5.17. The van der Waals surface area contributed by atoms with Crippen LogP contribution in [-0.2, 0) is 0 Å². The number of benzene rings is 5. The van der Waals surface area contributed by atoms with Crippen LogP contribution in [0.5, 0.6) is 0 Å². The van der Waals surface area contributed by atoms with Gasteiger partial charge < -0.3 is 0 Å². The van der Waals surface area contributed by atoms with Gasteiger partial charge in [0.2, 0.25) is 0 Å². The molecule has 2 nitrogen and oxygen atoms in total. The highest BCUT2D eigenvalue weighted by Crippen LogP contribution is 2.39. The molecule has 2 heterocycles. The highest BCUT2D eigenvalue weighted by molar-refractivity contribution is 7.17. The van der Waals surface area contributed by atoms with Gasteiger partial charge in [0, 0.05) is 26.7 Å². The molecule has 0 spiro atoms. The summed E-state index contributed by atoms with van der Waals surface area (Å²) in [5.41, 5.74) is 12.0. The summed E-state index contributed by atoms with van der Waals surface area (Å²) >= 11 is 1.78. The maximum absolute atomic E-state index is 5.17. The predicted octanol–water partition coefficient (Wildman–Crippen LogP) is 9.86. The molecule has 38 heavy (non-hydrogen) atoms. The van der Waals surface area contributed by atoms with E-state index in [1.165, 1.54) is 49.0 Å². The lowest BCUT2D eigenvalue weighted by atomic mass is 9.95. The van der Waals surface area contributed by atoms with Gasteiger partial charge in [0.1, 0.15) is 5.82 Å². The molecule has 0 saturated heterocycles. The van der Waals surface area contributed by atoms with Crippen molar-refractivity contribution in [3.63, 3.8) is 0 Å². The van der Waals surface area contributed by atoms with Crippen molar-refractivity contribution in [1.29, 1.82) is 0 Å². The van der Waals surface area contributed by atoms with E-state index in [0.717, 1.165) is 22.5 Å². The highest BCUT2D eigenvalue weighted by atomic mass is 32.1. The third kappa shape index (κ3) is 3.75. The van der Waals surface area contributed by atoms with Gasteiger partial charge in [-0.15, -0.1) is 11.3 Å². The van der Waals surface area contributed by atoms with Crippen molar-refractivity contribution in [2.24, 2.45) is 0 Å². The van der Waals surface area contributed by atoms with E-state index in [1.807, 2.05) is 0 Å². The first-order valence-corrected chi connectivity index (χ1v) is 13.8. The molecule has 0 radical (unpaired) electrons. The number of para-hydroxylation sites is 2. The number of hydrogen-bond donors (Lipinski definition) is 0. The Balaban J connectivity index is 1.42. The fourth-order valence-corrected chi connectivity index (χ4v) is 6.59. The van der Waals surface area contributed by atoms with E-state index in [9.17, 15) is 0 Å². The van der Waals surface area contributed by atoms with Crippen LogP contribution in [0.3, 0.4) is 0 Å². The van der Waals surface area contributed by atoms with Crippen LogP contribution in [0.2, 0.25) is 0 Å². The second-order valence-electron chi connectivity index (χ2n) is 9.81. The van der Waals surface area contributed by atoms with Crippen molar-refractivity contribution >= 4 is 32.5 Å². The molecule has 0 aliphatic rings. The van der Waals surface area contributed by atoms with Crippen molar-refractivity contribution in [2.45, 2.75) is 13.8 Å². The Bertz CT molecular complexity index is 1900. The first kappa shape index (κ1) is 22.7. The Morgan fingerprint density at radius 2 is 1.29 bits per heavy atom. The zero-order chi connectivity index (χ0) is 25.6. The third-order valence-electron chi connectivity index (χ3n) is 7.32. The molecule has 0 atom stereocenters. The Morgan fingerprint density at radius 3 is 2.03 bits per heavy atom. The smallest absolute Gasteiger partial charge is 0.147 e. The summed E-state index contributed by atoms with van der Waals surface area (Å²) in [6.45, 7) is 4.42. The van der Waals surface area contributed by atoms with Crippen molar-refractivity contribution < 1.29 is 0 Å². The Labute approximate surface area is 226 Å². The average molecular weight is 507 g/mol. The SMILES string of the molecule is Cc1cc(-n2c(-c3csc4cc(-c5ccccc5)ccc34)nc3ccccc32)cc(C)c1-c1ccccc1. The van der Waals surface area contributed by atoms with E-state index in [2.05, 4.69) is 139 Å². The number of thiophene rings is 1. The lowest BCUT2D eigenvalue weighted by Crippen LogP contribution is -2.00. The minimum absolute atomic E-state index is 0.983. The molecule has 0 bridgehead atoms. The minimum Gasteiger partial charge on any atom is -0.292 e. The van der Waals surface area contributed by atoms with Gasteiger partial charge in [-0.2, -0.15) is 0 Å². The molecule has 0 unspecified atom stereocenters. The molecule has 2 aromatic heterocycles. The molecule has 0 N–H and O–H groups in total. The first-order chi connectivity index (χ1) is 18.7. The summed E-state index contributed by atoms with van der Waals surface area (Å²) < 4.78 is 3.60. The summed E-state index contributed by atoms with van der Waals surface area (Å²) in [7, 11) is 0. The van der Waals surface area contributed by atoms with Gasteiger partial charge in [0.25, 0.3) is 0 Å². The van der Waals surface area contributed by atoms with Gasteiger partial charge >= 0.3 is 0 Å². The van der Waals surface area contributed by atoms with Gasteiger partial charge in [-0.25, -0.2) is 4.98 Å². The van der Waals surface area contributed by atoms with Crippen LogP contribution < -0.4 is 0 Å². The van der Waals surface area contributed by atoms with Crippen LogP contribution in [0.4, 0.5) is 0 Å². The second-order valence-corrected chi connectivity index (χ2v) is 10.7. The van der Waals surface area contributed by atoms with Gasteiger partial charge in [-0.1, -0.05) is 84.9 Å². The van der Waals surface area contributed by atoms with E-state index >= 15 is 0 Å². The Kier molecular flexibility index (Phi) is 5.45. The Morgan fingerprint density at radius 1 is 0.632 bits per heavy atom. The number of rotatable bonds is 4. The fourth-order valence-electron chi connectivity index (χ4n) is 5.61. The van der Waals surface area contributed by atoms with E-state index < -0.39 is 0 Å². The summed E-state index contributed by atoms with van der Waals surface area (Å²) in [4.78, 5) is 5.17. The van der Waals surface area contributed by atoms with Gasteiger partial charge in [0.05, 0.1) is 11.0 Å². The van der Waals surface area contributed by atoms with Gasteiger partial charge in [-0.05, 0) is 77.6 Å². The zero-order valence-corrected chi connectivity index (χ0v) is 22.2. The molecule has 0 aliphatic heterocycles. The van der Waals surface area contributed by atoms with Crippen molar-refractivity contribution in [2.75, 3.05) is 0 Å². The first-order valence-electron chi connectivity index (χ1n) is 12.9. The van der Waals surface area contributed by atoms with Crippen LogP contribution in [-0.4, -0.2) is 9.55 Å². The largest absolute Gasteiger partial charge is 0.292 e. The summed E-state index contributed by atoms with van der Waals surface area (Å²) in [6.07, 6.45) is 0. The quantitative estimate of drug-likeness (QED) is 0.232. The summed E-state index contributed by atoms with van der Waals surface area (Å²) in [6, 6.07) is 41.1. The molecular weight excluding hydrogens is 480 g/mol. The van der Waals surface area contributed by atoms with Crippen molar-refractivity contribution in [3.05, 3.63) is 132 Å². The fraction of sp³-hybridized carbons (Fsp3) is 0.0571. The number of hydrogen-bond acceptors (Lipinski definition) is 2. The van der Waals surface area contributed by atoms with Crippen LogP contribution in [0, 0.1) is 13.8 Å². The number of fused-ring (bicyclic) bond motifs is 2. The van der Waals surface area contributed by atoms with Crippen LogP contribution in [0.25, 0.3) is 60.4 Å². The molecular formula is C35H26N2S. The third-order valence-corrected chi connectivity index (χ3v) is 8.27. The van der Waals surface area contributed by atoms with Gasteiger partial charge in [-0.3, -0.25) is 4.57 Å². The maximum Gasteiger partial charge on any atom is 0.147 e. The van der Waals surface area contributed by atoms with E-state index in [4.69, 9.17) is 4.98 Å². The zero-order valence-electron chi connectivity index (χ0n) is 21.3. The molecule has 0 saturated carbocycles. The molecule has 182 valence electrons. The Hall–Kier alpha value is -4.47. The lowest BCUT2D eigenvalue weighted by molar-refractivity contribution is 1.10. The lowest BCUT2D eigenvalue weighted by Gasteiger charge is -2.16. The molecule has 0 aliphatic carbocycles. The molecule has 0 amide bonds. The summed E-state index contributed by atoms with van der Waals surface area (Å²) in [5.74, 6) is 0.983. The molecule has 7 aromatic rings. The number of nitrogens with zero attached hydrogens (tertiary/aromatic N) is 2. The van der Waals surface area contributed by atoms with Crippen LogP contribution >= 0.6 is 11.3 Å². The minimum atomic E-state index is 0.983. The topological polar surface area (TPSA) is 17.8 Å². The van der Waals surface area contributed by atoms with Crippen molar-refractivity contribution in [1.82, 2.24) is 9.55 Å². The van der Waals surface area contributed by atoms with E-state index in [1.54, 1.807) is 11.3 Å². The number of aromatic nitrogens is 2. The molecule has 5 aromatic carbocycles. The van der Waals surface area contributed by atoms with Crippen molar-refractivity contribution in [3.8, 4) is 39.3 Å². The molecule has 3 heteroatoms. The van der Waals surface area contributed by atoms with E-state index in [-0.39, 0.29) is 0 Å². The predicted molar refractivity (Wildman–Crippen MR) is 162 cm³/mol. The highest BCUT2D eigenvalue weighted by Gasteiger charge is 2.19. The molecule has 7 rings (SSSR count). The molecule has 0 fully saturated rings. The van der Waals surface area contributed by atoms with Crippen LogP contribution in [0.1, 0.15) is 11.1 Å². The monoisotopic (exact) mass is 506 g/mol. The normalized spacial score (nSPS) is 11.4. The summed E-state index contributed by atoms with van der Waals surface area (Å²) in [5, 5.41) is 3.50.